The molecule has 0 aliphatic heterocycles. The van der Waals surface area contributed by atoms with E-state index in [1.807, 2.05) is 12.1 Å². The highest BCUT2D eigenvalue weighted by Crippen LogP contribution is 2.18. The van der Waals surface area contributed by atoms with E-state index in [4.69, 9.17) is 4.42 Å². The molecular weight excluding hydrogens is 268 g/mol. The van der Waals surface area contributed by atoms with Gasteiger partial charge in [0.15, 0.2) is 11.5 Å². The summed E-state index contributed by atoms with van der Waals surface area (Å²) < 4.78 is 5.26. The van der Waals surface area contributed by atoms with Gasteiger partial charge < -0.3 is 9.32 Å². The summed E-state index contributed by atoms with van der Waals surface area (Å²) in [6.07, 6.45) is 5.02. The lowest BCUT2D eigenvalue weighted by molar-refractivity contribution is 0.0779. The summed E-state index contributed by atoms with van der Waals surface area (Å²) in [4.78, 5) is 18.0. The zero-order valence-corrected chi connectivity index (χ0v) is 11.5. The minimum absolute atomic E-state index is 0.159. The molecule has 0 aliphatic rings. The van der Waals surface area contributed by atoms with Crippen LogP contribution >= 0.6 is 0 Å². The Labute approximate surface area is 121 Å². The van der Waals surface area contributed by atoms with E-state index >= 15 is 0 Å². The predicted molar refractivity (Wildman–Crippen MR) is 76.3 cm³/mol. The maximum Gasteiger partial charge on any atom is 0.274 e. The first kappa shape index (κ1) is 13.1. The normalized spacial score (nSPS) is 10.5. The molecule has 3 heterocycles. The van der Waals surface area contributed by atoms with Gasteiger partial charge in [0.25, 0.3) is 5.91 Å². The molecule has 0 bridgehead atoms. The number of hydrogen-bond acceptors (Lipinski definition) is 4. The second-order valence-corrected chi connectivity index (χ2v) is 4.67. The number of furan rings is 1. The lowest BCUT2D eigenvalue weighted by atomic mass is 10.2. The second kappa shape index (κ2) is 5.62. The largest absolute Gasteiger partial charge is 0.463 e. The molecule has 3 rings (SSSR count). The molecule has 0 aliphatic carbocycles. The number of amides is 1. The van der Waals surface area contributed by atoms with E-state index in [1.165, 1.54) is 0 Å². The number of nitrogens with zero attached hydrogens (tertiary/aromatic N) is 3. The molecule has 21 heavy (non-hydrogen) atoms. The molecule has 0 fully saturated rings. The molecule has 0 unspecified atom stereocenters. The molecule has 0 atom stereocenters. The van der Waals surface area contributed by atoms with Crippen molar-refractivity contribution in [3.63, 3.8) is 0 Å². The van der Waals surface area contributed by atoms with Crippen molar-refractivity contribution in [1.29, 1.82) is 0 Å². The Kier molecular flexibility index (Phi) is 3.51. The number of rotatable bonds is 4. The molecule has 0 saturated carbocycles. The number of carbonyl (C=O) groups excluding carboxylic acids is 1. The van der Waals surface area contributed by atoms with Crippen LogP contribution in [0.1, 0.15) is 16.1 Å². The maximum atomic E-state index is 12.3. The Hall–Kier alpha value is -2.89. The quantitative estimate of drug-likeness (QED) is 0.797. The average molecular weight is 282 g/mol. The predicted octanol–water partition coefficient (Wildman–Crippen LogP) is 2.34. The number of carbonyl (C=O) groups is 1. The van der Waals surface area contributed by atoms with Gasteiger partial charge in [0, 0.05) is 32.1 Å². The highest BCUT2D eigenvalue weighted by Gasteiger charge is 2.16. The molecule has 106 valence electrons. The number of hydrogen-bond donors (Lipinski definition) is 1. The van der Waals surface area contributed by atoms with Crippen LogP contribution in [0.25, 0.3) is 11.5 Å². The monoisotopic (exact) mass is 282 g/mol. The Morgan fingerprint density at radius 2 is 2.29 bits per heavy atom. The third-order valence-electron chi connectivity index (χ3n) is 3.07. The fourth-order valence-corrected chi connectivity index (χ4v) is 2.02. The number of nitrogens with one attached hydrogen (secondary N) is 1. The SMILES string of the molecule is CN(Cc1cccnc1)C(=O)c1cc(-c2ccco2)[nH]n1. The summed E-state index contributed by atoms with van der Waals surface area (Å²) in [5.74, 6) is 0.490. The van der Waals surface area contributed by atoms with Gasteiger partial charge in [0.2, 0.25) is 0 Å². The van der Waals surface area contributed by atoms with Crippen LogP contribution in [-0.2, 0) is 6.54 Å². The Morgan fingerprint density at radius 3 is 3.00 bits per heavy atom. The fraction of sp³-hybridized carbons (Fsp3) is 0.133. The van der Waals surface area contributed by atoms with Crippen molar-refractivity contribution in [2.75, 3.05) is 7.05 Å². The molecule has 1 amide bonds. The van der Waals surface area contributed by atoms with Crippen molar-refractivity contribution in [2.45, 2.75) is 6.54 Å². The van der Waals surface area contributed by atoms with Crippen molar-refractivity contribution < 1.29 is 9.21 Å². The molecule has 1 N–H and O–H groups in total. The molecule has 0 spiro atoms. The molecule has 0 saturated heterocycles. The number of aromatic amines is 1. The lowest BCUT2D eigenvalue weighted by Gasteiger charge is -2.15. The van der Waals surface area contributed by atoms with E-state index < -0.39 is 0 Å². The summed E-state index contributed by atoms with van der Waals surface area (Å²) in [7, 11) is 1.73. The first-order valence-corrected chi connectivity index (χ1v) is 6.47. The van der Waals surface area contributed by atoms with Gasteiger partial charge in [-0.1, -0.05) is 6.07 Å². The van der Waals surface area contributed by atoms with Crippen molar-refractivity contribution in [1.82, 2.24) is 20.1 Å². The Balaban J connectivity index is 1.73. The summed E-state index contributed by atoms with van der Waals surface area (Å²) in [6.45, 7) is 0.482. The summed E-state index contributed by atoms with van der Waals surface area (Å²) >= 11 is 0. The van der Waals surface area contributed by atoms with E-state index in [1.54, 1.807) is 48.8 Å². The lowest BCUT2D eigenvalue weighted by Crippen LogP contribution is -2.26. The average Bonchev–Trinajstić information content (AvgIpc) is 3.18. The van der Waals surface area contributed by atoms with Gasteiger partial charge in [0.1, 0.15) is 5.69 Å². The van der Waals surface area contributed by atoms with Gasteiger partial charge in [-0.3, -0.25) is 14.9 Å². The molecule has 6 heteroatoms. The van der Waals surface area contributed by atoms with E-state index in [-0.39, 0.29) is 5.91 Å². The highest BCUT2D eigenvalue weighted by atomic mass is 16.3. The standard InChI is InChI=1S/C15H14N4O2/c1-19(10-11-4-2-6-16-9-11)15(20)13-8-12(17-18-13)14-5-3-7-21-14/h2-9H,10H2,1H3,(H,17,18). The van der Waals surface area contributed by atoms with Crippen molar-refractivity contribution in [3.05, 3.63) is 60.2 Å². The van der Waals surface area contributed by atoms with Gasteiger partial charge in [-0.15, -0.1) is 0 Å². The summed E-state index contributed by atoms with van der Waals surface area (Å²) in [6, 6.07) is 9.04. The molecule has 6 nitrogen and oxygen atoms in total. The van der Waals surface area contributed by atoms with Gasteiger partial charge >= 0.3 is 0 Å². The van der Waals surface area contributed by atoms with Gasteiger partial charge in [0.05, 0.1) is 6.26 Å². The molecular formula is C15H14N4O2. The molecule has 3 aromatic rings. The second-order valence-electron chi connectivity index (χ2n) is 4.67. The van der Waals surface area contributed by atoms with Crippen molar-refractivity contribution in [3.8, 4) is 11.5 Å². The maximum absolute atomic E-state index is 12.3. The van der Waals surface area contributed by atoms with Crippen LogP contribution in [0.2, 0.25) is 0 Å². The van der Waals surface area contributed by atoms with Gasteiger partial charge in [-0.2, -0.15) is 5.10 Å². The summed E-state index contributed by atoms with van der Waals surface area (Å²) in [5.41, 5.74) is 2.00. The van der Waals surface area contributed by atoms with Crippen LogP contribution in [0.3, 0.4) is 0 Å². The number of pyridine rings is 1. The van der Waals surface area contributed by atoms with Crippen LogP contribution in [-0.4, -0.2) is 33.0 Å². The zero-order valence-electron chi connectivity index (χ0n) is 11.5. The Morgan fingerprint density at radius 1 is 1.38 bits per heavy atom. The Bertz CT molecular complexity index is 719. The molecule has 3 aromatic heterocycles. The third-order valence-corrected chi connectivity index (χ3v) is 3.07. The topological polar surface area (TPSA) is 75.0 Å². The summed E-state index contributed by atoms with van der Waals surface area (Å²) in [5, 5.41) is 6.85. The van der Waals surface area contributed by atoms with Crippen LogP contribution in [0.5, 0.6) is 0 Å². The minimum atomic E-state index is -0.159. The third kappa shape index (κ3) is 2.84. The zero-order chi connectivity index (χ0) is 14.7. The molecule has 0 radical (unpaired) electrons. The van der Waals surface area contributed by atoms with E-state index in [0.717, 1.165) is 5.56 Å². The molecule has 0 aromatic carbocycles. The number of H-pyrrole nitrogens is 1. The van der Waals surface area contributed by atoms with Crippen LogP contribution in [0, 0.1) is 0 Å². The smallest absolute Gasteiger partial charge is 0.274 e. The van der Waals surface area contributed by atoms with E-state index in [0.29, 0.717) is 23.7 Å². The fourth-order valence-electron chi connectivity index (χ4n) is 2.02. The minimum Gasteiger partial charge on any atom is -0.463 e. The highest BCUT2D eigenvalue weighted by molar-refractivity contribution is 5.93. The first-order chi connectivity index (χ1) is 10.2. The van der Waals surface area contributed by atoms with Gasteiger partial charge in [-0.25, -0.2) is 0 Å². The van der Waals surface area contributed by atoms with Crippen molar-refractivity contribution >= 4 is 5.91 Å². The van der Waals surface area contributed by atoms with Crippen LogP contribution in [0.15, 0.2) is 53.4 Å². The van der Waals surface area contributed by atoms with Crippen LogP contribution in [0.4, 0.5) is 0 Å². The van der Waals surface area contributed by atoms with Gasteiger partial charge in [-0.05, 0) is 23.8 Å². The van der Waals surface area contributed by atoms with E-state index in [2.05, 4.69) is 15.2 Å². The van der Waals surface area contributed by atoms with Crippen LogP contribution < -0.4 is 0 Å². The van der Waals surface area contributed by atoms with E-state index in [9.17, 15) is 4.79 Å². The number of aromatic nitrogens is 3. The van der Waals surface area contributed by atoms with Crippen molar-refractivity contribution in [2.24, 2.45) is 0 Å². The first-order valence-electron chi connectivity index (χ1n) is 6.47.